The average molecular weight is 520 g/mol. The Bertz CT molecular complexity index is 1210. The molecule has 1 aliphatic heterocycles. The van der Waals surface area contributed by atoms with E-state index in [1.54, 1.807) is 25.3 Å². The molecule has 0 unspecified atom stereocenters. The van der Waals surface area contributed by atoms with Crippen molar-refractivity contribution in [3.63, 3.8) is 0 Å². The Kier molecular flexibility index (Phi) is 10.1. The predicted molar refractivity (Wildman–Crippen MR) is 145 cm³/mol. The maximum Gasteiger partial charge on any atom is 0.137 e. The molecule has 4 rings (SSSR count). The van der Waals surface area contributed by atoms with Crippen molar-refractivity contribution in [2.75, 3.05) is 40.5 Å². The van der Waals surface area contributed by atoms with Crippen LogP contribution in [-0.2, 0) is 11.2 Å². The van der Waals surface area contributed by atoms with E-state index in [-0.39, 0.29) is 6.10 Å². The maximum atomic E-state index is 9.72. The van der Waals surface area contributed by atoms with Gasteiger partial charge in [0.25, 0.3) is 0 Å². The van der Waals surface area contributed by atoms with Crippen LogP contribution in [0, 0.1) is 11.3 Å². The van der Waals surface area contributed by atoms with Gasteiger partial charge in [-0.15, -0.1) is 0 Å². The summed E-state index contributed by atoms with van der Waals surface area (Å²) in [5, 5.41) is 12.9. The Morgan fingerprint density at radius 1 is 1.11 bits per heavy atom. The van der Waals surface area contributed by atoms with Gasteiger partial charge in [-0.05, 0) is 73.9 Å². The summed E-state index contributed by atoms with van der Waals surface area (Å²) in [6.45, 7) is 3.27. The van der Waals surface area contributed by atoms with E-state index in [2.05, 4.69) is 33.2 Å². The molecule has 0 bridgehead atoms. The van der Waals surface area contributed by atoms with E-state index in [4.69, 9.17) is 19.2 Å². The molecule has 0 atom stereocenters. The fraction of sp³-hybridized carbons (Fsp3) is 0.393. The Labute approximate surface area is 222 Å². The number of aromatic nitrogens is 2. The minimum Gasteiger partial charge on any atom is -0.496 e. The highest BCUT2D eigenvalue weighted by molar-refractivity contribution is 7.97. The summed E-state index contributed by atoms with van der Waals surface area (Å²) in [4.78, 5) is 10.3. The van der Waals surface area contributed by atoms with Crippen LogP contribution >= 0.6 is 11.9 Å². The first-order chi connectivity index (χ1) is 18.2. The summed E-state index contributed by atoms with van der Waals surface area (Å²) in [6.07, 6.45) is 5.12. The summed E-state index contributed by atoms with van der Waals surface area (Å²) < 4.78 is 20.5. The van der Waals surface area contributed by atoms with Gasteiger partial charge in [-0.25, -0.2) is 9.97 Å². The van der Waals surface area contributed by atoms with Crippen LogP contribution in [0.25, 0.3) is 11.3 Å². The summed E-state index contributed by atoms with van der Waals surface area (Å²) in [7, 11) is 3.64. The number of ether oxygens (including phenoxy) is 3. The van der Waals surface area contributed by atoms with E-state index in [0.717, 1.165) is 59.8 Å². The Hall–Kier alpha value is -3.16. The van der Waals surface area contributed by atoms with Gasteiger partial charge in [-0.2, -0.15) is 5.26 Å². The van der Waals surface area contributed by atoms with E-state index < -0.39 is 0 Å². The van der Waals surface area contributed by atoms with Gasteiger partial charge in [-0.3, -0.25) is 4.72 Å². The molecule has 1 aliphatic rings. The molecule has 37 heavy (non-hydrogen) atoms. The fourth-order valence-corrected chi connectivity index (χ4v) is 4.83. The first-order valence-corrected chi connectivity index (χ1v) is 13.3. The lowest BCUT2D eigenvalue weighted by molar-refractivity contribution is 0.0254. The number of benzene rings is 2. The molecule has 0 spiro atoms. The highest BCUT2D eigenvalue weighted by Gasteiger charge is 2.18. The van der Waals surface area contributed by atoms with Gasteiger partial charge < -0.3 is 19.5 Å². The summed E-state index contributed by atoms with van der Waals surface area (Å²) in [5.74, 6) is 2.12. The number of nitrogens with zero attached hydrogens (tertiary/aromatic N) is 3. The minimum absolute atomic E-state index is 0.0771. The lowest BCUT2D eigenvalue weighted by atomic mass is 10.1. The molecule has 1 aromatic heterocycles. The van der Waals surface area contributed by atoms with Crippen molar-refractivity contribution in [3.05, 3.63) is 65.6 Å². The monoisotopic (exact) mass is 519 g/mol. The summed E-state index contributed by atoms with van der Waals surface area (Å²) >= 11 is 1.58. The largest absolute Gasteiger partial charge is 0.496 e. The molecular weight excluding hydrogens is 486 g/mol. The van der Waals surface area contributed by atoms with Crippen LogP contribution < -0.4 is 19.5 Å². The van der Waals surface area contributed by atoms with Crippen LogP contribution in [0.15, 0.2) is 53.6 Å². The second-order valence-corrected chi connectivity index (χ2v) is 9.66. The van der Waals surface area contributed by atoms with Crippen molar-refractivity contribution >= 4 is 11.9 Å². The van der Waals surface area contributed by atoms with Crippen LogP contribution in [0.5, 0.6) is 11.5 Å². The normalized spacial score (nSPS) is 13.8. The lowest BCUT2D eigenvalue weighted by Crippen LogP contribution is -2.26. The van der Waals surface area contributed by atoms with Crippen LogP contribution in [-0.4, -0.2) is 56.5 Å². The van der Waals surface area contributed by atoms with Gasteiger partial charge in [-0.1, -0.05) is 6.07 Å². The van der Waals surface area contributed by atoms with Gasteiger partial charge in [0.2, 0.25) is 0 Å². The quantitative estimate of drug-likeness (QED) is 0.267. The molecule has 194 valence electrons. The van der Waals surface area contributed by atoms with Crippen LogP contribution in [0.1, 0.15) is 36.2 Å². The zero-order valence-electron chi connectivity index (χ0n) is 21.3. The molecular formula is C28H33N5O3S. The molecule has 0 saturated carbocycles. The van der Waals surface area contributed by atoms with Crippen LogP contribution in [0.2, 0.25) is 0 Å². The highest BCUT2D eigenvalue weighted by Crippen LogP contribution is 2.30. The van der Waals surface area contributed by atoms with E-state index in [9.17, 15) is 5.26 Å². The number of rotatable bonds is 12. The summed E-state index contributed by atoms with van der Waals surface area (Å²) in [6, 6.07) is 15.9. The third-order valence-electron chi connectivity index (χ3n) is 6.04. The van der Waals surface area contributed by atoms with Gasteiger partial charge in [0.05, 0.1) is 36.5 Å². The highest BCUT2D eigenvalue weighted by atomic mass is 32.2. The third-order valence-corrected chi connectivity index (χ3v) is 6.95. The lowest BCUT2D eigenvalue weighted by Gasteiger charge is -2.23. The topological polar surface area (TPSA) is 101 Å². The van der Waals surface area contributed by atoms with E-state index in [1.165, 1.54) is 0 Å². The average Bonchev–Trinajstić information content (AvgIpc) is 2.94. The van der Waals surface area contributed by atoms with Gasteiger partial charge in [0.1, 0.15) is 29.5 Å². The molecule has 1 fully saturated rings. The SMILES string of the molecule is CNCCCNSc1ccc(Cc2nccc(-c3ccc(OC4CCOCC4)c(C#N)c3)n2)cc1OC. The predicted octanol–water partition coefficient (Wildman–Crippen LogP) is 4.38. The number of hydrogen-bond acceptors (Lipinski definition) is 9. The van der Waals surface area contributed by atoms with Crippen molar-refractivity contribution in [2.45, 2.75) is 36.7 Å². The molecule has 2 N–H and O–H groups in total. The number of nitrogens with one attached hydrogen (secondary N) is 2. The van der Waals surface area contributed by atoms with Crippen molar-refractivity contribution in [1.29, 1.82) is 5.26 Å². The Morgan fingerprint density at radius 2 is 1.97 bits per heavy atom. The van der Waals surface area contributed by atoms with Crippen LogP contribution in [0.4, 0.5) is 0 Å². The molecule has 2 heterocycles. The van der Waals surface area contributed by atoms with Crippen molar-refractivity contribution < 1.29 is 14.2 Å². The fourth-order valence-electron chi connectivity index (χ4n) is 4.05. The molecule has 0 aliphatic carbocycles. The molecule has 9 heteroatoms. The number of hydrogen-bond donors (Lipinski definition) is 2. The second kappa shape index (κ2) is 14.0. The van der Waals surface area contributed by atoms with E-state index in [0.29, 0.717) is 36.8 Å². The molecule has 0 radical (unpaired) electrons. The standard InChI is InChI=1S/C28H33N5O3S/c1-30-11-3-12-32-37-27-7-4-20(16-26(27)34-2)17-28-31-13-8-24(33-28)21-5-6-25(22(18-21)19-29)36-23-9-14-35-15-10-23/h4-8,13,16,18,23,30,32H,3,9-12,14-15,17H2,1-2H3. The molecule has 3 aromatic rings. The van der Waals surface area contributed by atoms with E-state index in [1.807, 2.05) is 37.4 Å². The minimum atomic E-state index is 0.0771. The first-order valence-electron chi connectivity index (χ1n) is 12.5. The van der Waals surface area contributed by atoms with Crippen molar-refractivity contribution in [1.82, 2.24) is 20.0 Å². The number of methoxy groups -OCH3 is 1. The number of nitriles is 1. The maximum absolute atomic E-state index is 9.72. The second-order valence-electron chi connectivity index (χ2n) is 8.73. The van der Waals surface area contributed by atoms with Crippen LogP contribution in [0.3, 0.4) is 0 Å². The third kappa shape index (κ3) is 7.66. The molecule has 8 nitrogen and oxygen atoms in total. The first kappa shape index (κ1) is 26.9. The zero-order valence-corrected chi connectivity index (χ0v) is 22.1. The zero-order chi connectivity index (χ0) is 25.9. The molecule has 1 saturated heterocycles. The molecule has 2 aromatic carbocycles. The Balaban J connectivity index is 1.44. The van der Waals surface area contributed by atoms with E-state index >= 15 is 0 Å². The summed E-state index contributed by atoms with van der Waals surface area (Å²) in [5.41, 5.74) is 3.19. The van der Waals surface area contributed by atoms with Crippen molar-refractivity contribution in [2.24, 2.45) is 0 Å². The van der Waals surface area contributed by atoms with Gasteiger partial charge >= 0.3 is 0 Å². The molecule has 0 amide bonds. The Morgan fingerprint density at radius 3 is 2.76 bits per heavy atom. The smallest absolute Gasteiger partial charge is 0.137 e. The van der Waals surface area contributed by atoms with Gasteiger partial charge in [0.15, 0.2) is 0 Å². The van der Waals surface area contributed by atoms with Gasteiger partial charge in [0, 0.05) is 37.6 Å². The van der Waals surface area contributed by atoms with Crippen molar-refractivity contribution in [3.8, 4) is 28.8 Å².